The summed E-state index contributed by atoms with van der Waals surface area (Å²) in [5, 5.41) is 6.87. The van der Waals surface area contributed by atoms with E-state index in [0.29, 0.717) is 5.69 Å². The number of carbonyl (C=O) groups excluding carboxylic acids is 1. The van der Waals surface area contributed by atoms with Gasteiger partial charge in [0.05, 0.1) is 17.1 Å². The Hall–Kier alpha value is -3.87. The maximum absolute atomic E-state index is 13.8. The predicted molar refractivity (Wildman–Crippen MR) is 101 cm³/mol. The van der Waals surface area contributed by atoms with Crippen LogP contribution in [0.3, 0.4) is 0 Å². The van der Waals surface area contributed by atoms with Crippen molar-refractivity contribution in [2.45, 2.75) is 0 Å². The smallest absolute Gasteiger partial charge is 0.275 e. The highest BCUT2D eigenvalue weighted by Gasteiger charge is 2.23. The Morgan fingerprint density at radius 3 is 2.04 bits per heavy atom. The van der Waals surface area contributed by atoms with Crippen LogP contribution in [-0.2, 0) is 0 Å². The van der Waals surface area contributed by atoms with E-state index in [1.165, 1.54) is 41.3 Å². The highest BCUT2D eigenvalue weighted by atomic mass is 19.1. The van der Waals surface area contributed by atoms with E-state index in [4.69, 9.17) is 0 Å². The molecule has 4 rings (SSSR count). The van der Waals surface area contributed by atoms with Crippen molar-refractivity contribution in [2.75, 3.05) is 4.90 Å². The molecule has 0 aliphatic carbocycles. The molecular weight excluding hydrogens is 362 g/mol. The lowest BCUT2D eigenvalue weighted by atomic mass is 10.1. The molecule has 5 nitrogen and oxygen atoms in total. The van der Waals surface area contributed by atoms with Gasteiger partial charge in [-0.2, -0.15) is 5.10 Å². The van der Waals surface area contributed by atoms with Crippen LogP contribution in [0.25, 0.3) is 11.3 Å². The third-order valence-electron chi connectivity index (χ3n) is 4.12. The van der Waals surface area contributed by atoms with Gasteiger partial charge in [0.1, 0.15) is 17.3 Å². The number of aromatic nitrogens is 3. The Morgan fingerprint density at radius 1 is 0.857 bits per heavy atom. The maximum atomic E-state index is 13.8. The first-order chi connectivity index (χ1) is 13.6. The van der Waals surface area contributed by atoms with Crippen LogP contribution >= 0.6 is 0 Å². The fourth-order valence-corrected chi connectivity index (χ4v) is 2.84. The van der Waals surface area contributed by atoms with Gasteiger partial charge in [0.25, 0.3) is 5.91 Å². The van der Waals surface area contributed by atoms with E-state index >= 15 is 0 Å². The number of hydrogen-bond acceptors (Lipinski definition) is 3. The molecule has 2 heterocycles. The Labute approximate surface area is 159 Å². The van der Waals surface area contributed by atoms with Crippen molar-refractivity contribution >= 4 is 17.3 Å². The van der Waals surface area contributed by atoms with Crippen molar-refractivity contribution in [3.05, 3.63) is 96.5 Å². The number of anilines is 2. The predicted octanol–water partition coefficient (Wildman–Crippen LogP) is 4.73. The fraction of sp³-hybridized carbons (Fsp3) is 0. The zero-order chi connectivity index (χ0) is 19.5. The van der Waals surface area contributed by atoms with Gasteiger partial charge in [0, 0.05) is 18.0 Å². The Kier molecular flexibility index (Phi) is 4.63. The van der Waals surface area contributed by atoms with Crippen molar-refractivity contribution < 1.29 is 13.6 Å². The summed E-state index contributed by atoms with van der Waals surface area (Å²) in [6.07, 6.45) is 3.24. The van der Waals surface area contributed by atoms with Crippen molar-refractivity contribution in [1.82, 2.24) is 15.2 Å². The van der Waals surface area contributed by atoms with Crippen molar-refractivity contribution in [2.24, 2.45) is 0 Å². The van der Waals surface area contributed by atoms with Gasteiger partial charge in [0.2, 0.25) is 0 Å². The van der Waals surface area contributed by atoms with Gasteiger partial charge in [-0.3, -0.25) is 19.8 Å². The van der Waals surface area contributed by atoms with E-state index < -0.39 is 17.5 Å². The molecule has 0 saturated heterocycles. The molecule has 2 aromatic carbocycles. The molecule has 0 aliphatic heterocycles. The fourth-order valence-electron chi connectivity index (χ4n) is 2.84. The van der Waals surface area contributed by atoms with Crippen LogP contribution in [0.2, 0.25) is 0 Å². The number of aromatic amines is 1. The first-order valence-corrected chi connectivity index (χ1v) is 8.43. The molecule has 7 heteroatoms. The first kappa shape index (κ1) is 17.5. The van der Waals surface area contributed by atoms with E-state index in [-0.39, 0.29) is 17.1 Å². The molecule has 0 saturated carbocycles. The van der Waals surface area contributed by atoms with E-state index in [9.17, 15) is 13.6 Å². The van der Waals surface area contributed by atoms with Crippen molar-refractivity contribution in [1.29, 1.82) is 0 Å². The van der Waals surface area contributed by atoms with Gasteiger partial charge in [-0.15, -0.1) is 0 Å². The summed E-state index contributed by atoms with van der Waals surface area (Å²) in [4.78, 5) is 18.4. The second-order valence-corrected chi connectivity index (χ2v) is 6.00. The second-order valence-electron chi connectivity index (χ2n) is 6.00. The summed E-state index contributed by atoms with van der Waals surface area (Å²) in [5.41, 5.74) is 2.07. The van der Waals surface area contributed by atoms with Crippen molar-refractivity contribution in [3.63, 3.8) is 0 Å². The van der Waals surface area contributed by atoms with Gasteiger partial charge in [-0.05, 0) is 54.6 Å². The van der Waals surface area contributed by atoms with Gasteiger partial charge in [-0.25, -0.2) is 8.78 Å². The molecule has 0 unspecified atom stereocenters. The largest absolute Gasteiger partial charge is 0.280 e. The summed E-state index contributed by atoms with van der Waals surface area (Å²) in [5.74, 6) is -1.51. The van der Waals surface area contributed by atoms with Crippen LogP contribution in [-0.4, -0.2) is 21.1 Å². The minimum Gasteiger partial charge on any atom is -0.275 e. The summed E-state index contributed by atoms with van der Waals surface area (Å²) in [7, 11) is 0. The highest BCUT2D eigenvalue weighted by molar-refractivity contribution is 6.10. The monoisotopic (exact) mass is 376 g/mol. The third kappa shape index (κ3) is 3.50. The number of carbonyl (C=O) groups is 1. The lowest BCUT2D eigenvalue weighted by Crippen LogP contribution is -2.26. The highest BCUT2D eigenvalue weighted by Crippen LogP contribution is 2.29. The molecule has 1 amide bonds. The van der Waals surface area contributed by atoms with Gasteiger partial charge < -0.3 is 0 Å². The van der Waals surface area contributed by atoms with Gasteiger partial charge in [-0.1, -0.05) is 12.1 Å². The first-order valence-electron chi connectivity index (χ1n) is 8.43. The molecule has 0 fully saturated rings. The zero-order valence-corrected chi connectivity index (χ0v) is 14.5. The number of amides is 1. The van der Waals surface area contributed by atoms with Crippen LogP contribution in [0, 0.1) is 11.6 Å². The Morgan fingerprint density at radius 2 is 1.46 bits per heavy atom. The number of nitrogens with zero attached hydrogens (tertiary/aromatic N) is 3. The summed E-state index contributed by atoms with van der Waals surface area (Å²) in [6.45, 7) is 0. The van der Waals surface area contributed by atoms with E-state index in [1.807, 2.05) is 0 Å². The van der Waals surface area contributed by atoms with Crippen LogP contribution < -0.4 is 4.90 Å². The number of H-pyrrole nitrogens is 1. The van der Waals surface area contributed by atoms with Crippen LogP contribution in [0.1, 0.15) is 10.5 Å². The molecule has 0 radical (unpaired) electrons. The normalized spacial score (nSPS) is 10.6. The molecule has 1 N–H and O–H groups in total. The quantitative estimate of drug-likeness (QED) is 0.560. The molecule has 138 valence electrons. The summed E-state index contributed by atoms with van der Waals surface area (Å²) < 4.78 is 27.6. The molecule has 0 spiro atoms. The molecule has 4 aromatic rings. The van der Waals surface area contributed by atoms with E-state index in [2.05, 4.69) is 15.2 Å². The Balaban J connectivity index is 1.77. The molecule has 0 bridgehead atoms. The summed E-state index contributed by atoms with van der Waals surface area (Å²) in [6, 6.07) is 16.2. The SMILES string of the molecule is O=C(c1cc(-c2ccncc2)n[nH]1)N(c1cccc(F)c1)c1cccc(F)c1. The molecule has 0 atom stereocenters. The lowest BCUT2D eigenvalue weighted by molar-refractivity contribution is 0.0994. The molecular formula is C21H14F2N4O. The second kappa shape index (κ2) is 7.40. The minimum absolute atomic E-state index is 0.181. The third-order valence-corrected chi connectivity index (χ3v) is 4.12. The number of pyridine rings is 1. The van der Waals surface area contributed by atoms with Crippen LogP contribution in [0.15, 0.2) is 79.1 Å². The number of benzene rings is 2. The zero-order valence-electron chi connectivity index (χ0n) is 14.5. The number of halogens is 2. The lowest BCUT2D eigenvalue weighted by Gasteiger charge is -2.22. The van der Waals surface area contributed by atoms with Crippen LogP contribution in [0.5, 0.6) is 0 Å². The summed E-state index contributed by atoms with van der Waals surface area (Å²) >= 11 is 0. The maximum Gasteiger partial charge on any atom is 0.280 e. The van der Waals surface area contributed by atoms with Gasteiger partial charge >= 0.3 is 0 Å². The number of rotatable bonds is 4. The van der Waals surface area contributed by atoms with Gasteiger partial charge in [0.15, 0.2) is 0 Å². The number of nitrogens with one attached hydrogen (secondary N) is 1. The van der Waals surface area contributed by atoms with Crippen LogP contribution in [0.4, 0.5) is 20.2 Å². The van der Waals surface area contributed by atoms with E-state index in [1.54, 1.807) is 42.7 Å². The standard InChI is InChI=1S/C21H14F2N4O/c22-15-3-1-5-17(11-15)27(18-6-2-4-16(23)12-18)21(28)20-13-19(25-26-20)14-7-9-24-10-8-14/h1-13H,(H,25,26). The van der Waals surface area contributed by atoms with Crippen molar-refractivity contribution in [3.8, 4) is 11.3 Å². The molecule has 2 aromatic heterocycles. The average molecular weight is 376 g/mol. The number of hydrogen-bond donors (Lipinski definition) is 1. The van der Waals surface area contributed by atoms with E-state index in [0.717, 1.165) is 5.56 Å². The average Bonchev–Trinajstić information content (AvgIpc) is 3.19. The molecule has 0 aliphatic rings. The topological polar surface area (TPSA) is 61.9 Å². The minimum atomic E-state index is -0.506. The Bertz CT molecular complexity index is 1080. The molecule has 28 heavy (non-hydrogen) atoms.